The molecular weight excluding hydrogens is 434 g/mol. The van der Waals surface area contributed by atoms with Gasteiger partial charge in [0.1, 0.15) is 0 Å². The highest BCUT2D eigenvalue weighted by atomic mass is 32.2. The molecule has 164 valence electrons. The van der Waals surface area contributed by atoms with E-state index in [1.54, 1.807) is 11.0 Å². The van der Waals surface area contributed by atoms with E-state index in [1.807, 2.05) is 30.3 Å². The number of hydrogen-bond donors (Lipinski definition) is 2. The Kier molecular flexibility index (Phi) is 6.36. The summed E-state index contributed by atoms with van der Waals surface area (Å²) in [4.78, 5) is 28.0. The van der Waals surface area contributed by atoms with Crippen molar-refractivity contribution in [3.05, 3.63) is 54.1 Å². The lowest BCUT2D eigenvalue weighted by Crippen LogP contribution is -2.47. The van der Waals surface area contributed by atoms with Crippen LogP contribution in [0.15, 0.2) is 58.3 Å². The summed E-state index contributed by atoms with van der Waals surface area (Å²) in [5, 5.41) is 1.88. The highest BCUT2D eigenvalue weighted by molar-refractivity contribution is 8.01. The Hall–Kier alpha value is -2.36. The molecule has 0 spiro atoms. The van der Waals surface area contributed by atoms with Gasteiger partial charge in [-0.05, 0) is 42.5 Å². The van der Waals surface area contributed by atoms with Gasteiger partial charge in [-0.15, -0.1) is 11.8 Å². The summed E-state index contributed by atoms with van der Waals surface area (Å²) in [5.41, 5.74) is 1.26. The summed E-state index contributed by atoms with van der Waals surface area (Å²) in [6.07, 6.45) is 1.89. The van der Waals surface area contributed by atoms with Gasteiger partial charge >= 0.3 is 0 Å². The Morgan fingerprint density at radius 1 is 1.16 bits per heavy atom. The molecule has 31 heavy (non-hydrogen) atoms. The number of likely N-dealkylation sites (tertiary alicyclic amines) is 1. The van der Waals surface area contributed by atoms with Crippen LogP contribution < -0.4 is 10.0 Å². The summed E-state index contributed by atoms with van der Waals surface area (Å²) in [6, 6.07) is 13.8. The third-order valence-corrected chi connectivity index (χ3v) is 8.29. The van der Waals surface area contributed by atoms with Crippen molar-refractivity contribution in [3.8, 4) is 0 Å². The van der Waals surface area contributed by atoms with Crippen LogP contribution in [-0.4, -0.2) is 43.5 Å². The Labute approximate surface area is 186 Å². The van der Waals surface area contributed by atoms with E-state index in [0.717, 1.165) is 18.4 Å². The van der Waals surface area contributed by atoms with Gasteiger partial charge in [-0.2, -0.15) is 0 Å². The molecule has 9 heteroatoms. The van der Waals surface area contributed by atoms with E-state index in [9.17, 15) is 18.0 Å². The number of sulfonamides is 1. The monoisotopic (exact) mass is 459 g/mol. The number of carbonyl (C=O) groups excluding carboxylic acids is 2. The van der Waals surface area contributed by atoms with E-state index in [4.69, 9.17) is 0 Å². The molecule has 0 aromatic heterocycles. The van der Waals surface area contributed by atoms with E-state index in [-0.39, 0.29) is 17.3 Å². The van der Waals surface area contributed by atoms with Gasteiger partial charge in [-0.1, -0.05) is 37.3 Å². The van der Waals surface area contributed by atoms with Crippen LogP contribution in [0.25, 0.3) is 0 Å². The van der Waals surface area contributed by atoms with Crippen LogP contribution >= 0.6 is 11.8 Å². The predicted octanol–water partition coefficient (Wildman–Crippen LogP) is 2.84. The van der Waals surface area contributed by atoms with Crippen molar-refractivity contribution in [3.63, 3.8) is 0 Å². The van der Waals surface area contributed by atoms with Gasteiger partial charge in [0.25, 0.3) is 0 Å². The molecule has 7 nitrogen and oxygen atoms in total. The molecule has 4 rings (SSSR count). The predicted molar refractivity (Wildman–Crippen MR) is 120 cm³/mol. The second-order valence-corrected chi connectivity index (χ2v) is 10.9. The molecule has 1 fully saturated rings. The van der Waals surface area contributed by atoms with E-state index in [2.05, 4.69) is 17.0 Å². The fourth-order valence-corrected chi connectivity index (χ4v) is 5.77. The minimum Gasteiger partial charge on any atom is -0.341 e. The number of hydrogen-bond acceptors (Lipinski definition) is 5. The Balaban J connectivity index is 1.47. The van der Waals surface area contributed by atoms with Crippen molar-refractivity contribution in [2.24, 2.45) is 5.92 Å². The van der Waals surface area contributed by atoms with Gasteiger partial charge in [0, 0.05) is 24.5 Å². The van der Waals surface area contributed by atoms with Crippen LogP contribution in [0.5, 0.6) is 0 Å². The highest BCUT2D eigenvalue weighted by Gasteiger charge is 2.37. The second-order valence-electron chi connectivity index (χ2n) is 7.96. The molecule has 2 amide bonds. The third kappa shape index (κ3) is 4.94. The fourth-order valence-electron chi connectivity index (χ4n) is 3.67. The van der Waals surface area contributed by atoms with Crippen molar-refractivity contribution in [2.75, 3.05) is 18.4 Å². The van der Waals surface area contributed by atoms with Gasteiger partial charge < -0.3 is 10.2 Å². The number of nitrogens with zero attached hydrogens (tertiary/aromatic N) is 1. The smallest absolute Gasteiger partial charge is 0.247 e. The maximum atomic E-state index is 12.9. The van der Waals surface area contributed by atoms with Gasteiger partial charge in [-0.3, -0.25) is 9.59 Å². The largest absolute Gasteiger partial charge is 0.341 e. The van der Waals surface area contributed by atoms with Crippen molar-refractivity contribution in [1.29, 1.82) is 0 Å². The number of rotatable bonds is 5. The zero-order valence-electron chi connectivity index (χ0n) is 17.2. The number of benzene rings is 2. The molecule has 0 radical (unpaired) electrons. The van der Waals surface area contributed by atoms with E-state index in [1.165, 1.54) is 23.9 Å². The molecule has 2 aliphatic heterocycles. The van der Waals surface area contributed by atoms with Gasteiger partial charge in [0.2, 0.25) is 21.8 Å². The van der Waals surface area contributed by atoms with Crippen molar-refractivity contribution >= 4 is 39.3 Å². The second kappa shape index (κ2) is 9.02. The molecule has 2 aromatic rings. The summed E-state index contributed by atoms with van der Waals surface area (Å²) in [7, 11) is -3.75. The third-order valence-electron chi connectivity index (χ3n) is 5.63. The summed E-state index contributed by atoms with van der Waals surface area (Å²) in [5.74, 6) is 0.00247. The molecule has 0 aliphatic carbocycles. The lowest BCUT2D eigenvalue weighted by molar-refractivity contribution is -0.135. The minimum absolute atomic E-state index is 0.0675. The van der Waals surface area contributed by atoms with Crippen LogP contribution in [-0.2, 0) is 26.2 Å². The van der Waals surface area contributed by atoms with Gasteiger partial charge in [0.05, 0.1) is 10.6 Å². The Morgan fingerprint density at radius 3 is 2.58 bits per heavy atom. The molecule has 0 bridgehead atoms. The van der Waals surface area contributed by atoms with E-state index < -0.39 is 21.2 Å². The van der Waals surface area contributed by atoms with Crippen LogP contribution in [0, 0.1) is 5.92 Å². The zero-order chi connectivity index (χ0) is 22.0. The SMILES string of the molecule is CC1CCN(C(=O)C2Sc3ccc(S(=O)(=O)NCc4ccccc4)cc3NC2=O)CC1. The molecule has 1 unspecified atom stereocenters. The number of amides is 2. The normalized spacial score (nSPS) is 19.6. The molecular formula is C22H25N3O4S2. The molecule has 2 aromatic carbocycles. The lowest BCUT2D eigenvalue weighted by Gasteiger charge is -2.33. The fraction of sp³-hybridized carbons (Fsp3) is 0.364. The van der Waals surface area contributed by atoms with Crippen LogP contribution in [0.3, 0.4) is 0 Å². The Bertz CT molecular complexity index is 1080. The molecule has 2 N–H and O–H groups in total. The Morgan fingerprint density at radius 2 is 1.87 bits per heavy atom. The van der Waals surface area contributed by atoms with Crippen molar-refractivity contribution in [2.45, 2.75) is 41.4 Å². The van der Waals surface area contributed by atoms with Crippen LogP contribution in [0.1, 0.15) is 25.3 Å². The summed E-state index contributed by atoms with van der Waals surface area (Å²) in [6.45, 7) is 3.68. The summed E-state index contributed by atoms with van der Waals surface area (Å²) < 4.78 is 27.9. The molecule has 2 aliphatic rings. The van der Waals surface area contributed by atoms with Gasteiger partial charge in [-0.25, -0.2) is 13.1 Å². The van der Waals surface area contributed by atoms with Crippen molar-refractivity contribution in [1.82, 2.24) is 9.62 Å². The number of anilines is 1. The molecule has 2 heterocycles. The quantitative estimate of drug-likeness (QED) is 0.671. The average molecular weight is 460 g/mol. The molecule has 0 saturated carbocycles. The first-order valence-corrected chi connectivity index (χ1v) is 12.6. The van der Waals surface area contributed by atoms with Gasteiger partial charge in [0.15, 0.2) is 5.25 Å². The number of fused-ring (bicyclic) bond motifs is 1. The first-order chi connectivity index (χ1) is 14.8. The minimum atomic E-state index is -3.75. The first-order valence-electron chi connectivity index (χ1n) is 10.3. The average Bonchev–Trinajstić information content (AvgIpc) is 2.77. The van der Waals surface area contributed by atoms with Crippen molar-refractivity contribution < 1.29 is 18.0 Å². The topological polar surface area (TPSA) is 95.6 Å². The molecule has 1 atom stereocenters. The van der Waals surface area contributed by atoms with E-state index >= 15 is 0 Å². The number of thioether (sulfide) groups is 1. The number of carbonyl (C=O) groups is 2. The number of piperidine rings is 1. The number of nitrogens with one attached hydrogen (secondary N) is 2. The zero-order valence-corrected chi connectivity index (χ0v) is 18.8. The highest BCUT2D eigenvalue weighted by Crippen LogP contribution is 2.38. The summed E-state index contributed by atoms with van der Waals surface area (Å²) >= 11 is 1.18. The van der Waals surface area contributed by atoms with Crippen LogP contribution in [0.4, 0.5) is 5.69 Å². The lowest BCUT2D eigenvalue weighted by atomic mass is 9.99. The molecule has 1 saturated heterocycles. The maximum Gasteiger partial charge on any atom is 0.247 e. The van der Waals surface area contributed by atoms with E-state index in [0.29, 0.717) is 29.6 Å². The van der Waals surface area contributed by atoms with Crippen LogP contribution in [0.2, 0.25) is 0 Å². The maximum absolute atomic E-state index is 12.9. The first kappa shape index (κ1) is 21.9. The standard InChI is InChI=1S/C22H25N3O4S2/c1-15-9-11-25(12-10-15)22(27)20-21(26)24-18-13-17(7-8-19(18)30-20)31(28,29)23-14-16-5-3-2-4-6-16/h2-8,13,15,20,23H,9-12,14H2,1H3,(H,24,26).